The molecule has 0 radical (unpaired) electrons. The lowest BCUT2D eigenvalue weighted by molar-refractivity contribution is 0.582. The summed E-state index contributed by atoms with van der Waals surface area (Å²) in [6, 6.07) is 3.82. The minimum absolute atomic E-state index is 0.852. The van der Waals surface area contributed by atoms with E-state index in [4.69, 9.17) is 4.42 Å². The second kappa shape index (κ2) is 5.82. The SMILES string of the molecule is CCCCNCc1cnc(-c2ccco2)s1. The van der Waals surface area contributed by atoms with Crippen molar-refractivity contribution in [2.24, 2.45) is 0 Å². The Morgan fingerprint density at radius 3 is 3.19 bits per heavy atom. The number of aromatic nitrogens is 1. The lowest BCUT2D eigenvalue weighted by atomic mass is 10.3. The smallest absolute Gasteiger partial charge is 0.162 e. The van der Waals surface area contributed by atoms with Crippen molar-refractivity contribution in [3.05, 3.63) is 29.5 Å². The third-order valence-corrected chi connectivity index (χ3v) is 3.30. The molecule has 0 aliphatic carbocycles. The van der Waals surface area contributed by atoms with Gasteiger partial charge in [-0.05, 0) is 25.1 Å². The van der Waals surface area contributed by atoms with Crippen molar-refractivity contribution in [1.82, 2.24) is 10.3 Å². The highest BCUT2D eigenvalue weighted by Gasteiger charge is 2.06. The van der Waals surface area contributed by atoms with Gasteiger partial charge in [0.25, 0.3) is 0 Å². The summed E-state index contributed by atoms with van der Waals surface area (Å²) in [7, 11) is 0. The first kappa shape index (κ1) is 11.4. The van der Waals surface area contributed by atoms with Gasteiger partial charge in [-0.2, -0.15) is 0 Å². The lowest BCUT2D eigenvalue weighted by Crippen LogP contribution is -2.13. The van der Waals surface area contributed by atoms with E-state index in [1.54, 1.807) is 17.6 Å². The quantitative estimate of drug-likeness (QED) is 0.782. The van der Waals surface area contributed by atoms with Gasteiger partial charge in [-0.25, -0.2) is 4.98 Å². The van der Waals surface area contributed by atoms with Gasteiger partial charge < -0.3 is 9.73 Å². The molecule has 16 heavy (non-hydrogen) atoms. The summed E-state index contributed by atoms with van der Waals surface area (Å²) in [5, 5.41) is 4.36. The van der Waals surface area contributed by atoms with Crippen LogP contribution in [0.15, 0.2) is 29.0 Å². The first-order chi connectivity index (χ1) is 7.90. The number of nitrogens with zero attached hydrogens (tertiary/aromatic N) is 1. The number of furan rings is 1. The van der Waals surface area contributed by atoms with E-state index in [1.807, 2.05) is 18.3 Å². The first-order valence-corrected chi connectivity index (χ1v) is 6.41. The van der Waals surface area contributed by atoms with Crippen molar-refractivity contribution in [1.29, 1.82) is 0 Å². The zero-order valence-electron chi connectivity index (χ0n) is 9.40. The third-order valence-electron chi connectivity index (χ3n) is 2.29. The number of rotatable bonds is 6. The molecule has 0 aliphatic rings. The van der Waals surface area contributed by atoms with Crippen LogP contribution in [0, 0.1) is 0 Å². The second-order valence-electron chi connectivity index (χ2n) is 3.64. The van der Waals surface area contributed by atoms with Crippen molar-refractivity contribution in [3.8, 4) is 10.8 Å². The van der Waals surface area contributed by atoms with Crippen molar-refractivity contribution in [2.45, 2.75) is 26.3 Å². The Balaban J connectivity index is 1.88. The van der Waals surface area contributed by atoms with Gasteiger partial charge in [-0.15, -0.1) is 11.3 Å². The highest BCUT2D eigenvalue weighted by molar-refractivity contribution is 7.14. The zero-order valence-corrected chi connectivity index (χ0v) is 10.2. The van der Waals surface area contributed by atoms with Crippen LogP contribution in [0.1, 0.15) is 24.6 Å². The van der Waals surface area contributed by atoms with E-state index in [9.17, 15) is 0 Å². The van der Waals surface area contributed by atoms with Gasteiger partial charge in [0.2, 0.25) is 0 Å². The highest BCUT2D eigenvalue weighted by Crippen LogP contribution is 2.25. The largest absolute Gasteiger partial charge is 0.462 e. The molecule has 0 bridgehead atoms. The van der Waals surface area contributed by atoms with Gasteiger partial charge in [0, 0.05) is 17.6 Å². The number of hydrogen-bond acceptors (Lipinski definition) is 4. The van der Waals surface area contributed by atoms with Gasteiger partial charge in [0.1, 0.15) is 0 Å². The Morgan fingerprint density at radius 1 is 1.50 bits per heavy atom. The van der Waals surface area contributed by atoms with Gasteiger partial charge in [0.05, 0.1) is 6.26 Å². The molecule has 3 nitrogen and oxygen atoms in total. The monoisotopic (exact) mass is 236 g/mol. The molecule has 2 rings (SSSR count). The minimum atomic E-state index is 0.852. The van der Waals surface area contributed by atoms with Crippen LogP contribution in [0.25, 0.3) is 10.8 Å². The van der Waals surface area contributed by atoms with Crippen molar-refractivity contribution in [2.75, 3.05) is 6.54 Å². The van der Waals surface area contributed by atoms with Crippen LogP contribution in [-0.2, 0) is 6.54 Å². The normalized spacial score (nSPS) is 10.8. The fourth-order valence-electron chi connectivity index (χ4n) is 1.42. The van der Waals surface area contributed by atoms with E-state index in [0.717, 1.165) is 23.9 Å². The van der Waals surface area contributed by atoms with Crippen LogP contribution in [0.2, 0.25) is 0 Å². The molecule has 2 aromatic rings. The molecule has 0 saturated carbocycles. The summed E-state index contributed by atoms with van der Waals surface area (Å²) >= 11 is 1.68. The number of nitrogens with one attached hydrogen (secondary N) is 1. The van der Waals surface area contributed by atoms with Crippen LogP contribution in [-0.4, -0.2) is 11.5 Å². The number of thiazole rings is 1. The van der Waals surface area contributed by atoms with E-state index in [2.05, 4.69) is 17.2 Å². The van der Waals surface area contributed by atoms with E-state index in [-0.39, 0.29) is 0 Å². The summed E-state index contributed by atoms with van der Waals surface area (Å²) in [5.41, 5.74) is 0. The summed E-state index contributed by atoms with van der Waals surface area (Å²) in [5.74, 6) is 0.852. The molecule has 0 saturated heterocycles. The van der Waals surface area contributed by atoms with Crippen molar-refractivity contribution >= 4 is 11.3 Å². The molecular weight excluding hydrogens is 220 g/mol. The predicted molar refractivity (Wildman–Crippen MR) is 66.4 cm³/mol. The maximum atomic E-state index is 5.30. The fourth-order valence-corrected chi connectivity index (χ4v) is 2.27. The van der Waals surface area contributed by atoms with Gasteiger partial charge >= 0.3 is 0 Å². The Bertz CT molecular complexity index is 408. The average molecular weight is 236 g/mol. The molecule has 0 unspecified atom stereocenters. The van der Waals surface area contributed by atoms with Crippen LogP contribution in [0.3, 0.4) is 0 Å². The molecule has 0 amide bonds. The van der Waals surface area contributed by atoms with Crippen molar-refractivity contribution < 1.29 is 4.42 Å². The molecule has 0 fully saturated rings. The molecule has 0 aliphatic heterocycles. The van der Waals surface area contributed by atoms with E-state index >= 15 is 0 Å². The minimum Gasteiger partial charge on any atom is -0.462 e. The molecule has 1 N–H and O–H groups in total. The number of hydrogen-bond donors (Lipinski definition) is 1. The Labute approximate surface area is 99.5 Å². The topological polar surface area (TPSA) is 38.1 Å². The van der Waals surface area contributed by atoms with E-state index < -0.39 is 0 Å². The Morgan fingerprint density at radius 2 is 2.44 bits per heavy atom. The van der Waals surface area contributed by atoms with Crippen molar-refractivity contribution in [3.63, 3.8) is 0 Å². The van der Waals surface area contributed by atoms with Crippen LogP contribution < -0.4 is 5.32 Å². The average Bonchev–Trinajstić information content (AvgIpc) is 2.94. The summed E-state index contributed by atoms with van der Waals surface area (Å²) in [4.78, 5) is 5.59. The molecule has 2 aromatic heterocycles. The predicted octanol–water partition coefficient (Wildman–Crippen LogP) is 3.29. The molecule has 0 spiro atoms. The third kappa shape index (κ3) is 2.93. The fraction of sp³-hybridized carbons (Fsp3) is 0.417. The molecule has 0 atom stereocenters. The highest BCUT2D eigenvalue weighted by atomic mass is 32.1. The van der Waals surface area contributed by atoms with Crippen LogP contribution >= 0.6 is 11.3 Å². The molecule has 86 valence electrons. The lowest BCUT2D eigenvalue weighted by Gasteiger charge is -1.99. The molecule has 4 heteroatoms. The molecular formula is C12H16N2OS. The van der Waals surface area contributed by atoms with Crippen LogP contribution in [0.4, 0.5) is 0 Å². The number of unbranched alkanes of at least 4 members (excludes halogenated alkanes) is 1. The summed E-state index contributed by atoms with van der Waals surface area (Å²) < 4.78 is 5.30. The Hall–Kier alpha value is -1.13. The standard InChI is InChI=1S/C12H16N2OS/c1-2-3-6-13-8-10-9-14-12(16-10)11-5-4-7-15-11/h4-5,7,9,13H,2-3,6,8H2,1H3. The molecule has 0 aromatic carbocycles. The van der Waals surface area contributed by atoms with Gasteiger partial charge in [-0.3, -0.25) is 0 Å². The summed E-state index contributed by atoms with van der Waals surface area (Å²) in [6.45, 7) is 4.17. The zero-order chi connectivity index (χ0) is 11.2. The van der Waals surface area contributed by atoms with Gasteiger partial charge in [-0.1, -0.05) is 13.3 Å². The maximum absolute atomic E-state index is 5.30. The Kier molecular flexibility index (Phi) is 4.13. The summed E-state index contributed by atoms with van der Waals surface area (Å²) in [6.07, 6.45) is 6.05. The molecule has 2 heterocycles. The van der Waals surface area contributed by atoms with Crippen LogP contribution in [0.5, 0.6) is 0 Å². The van der Waals surface area contributed by atoms with Gasteiger partial charge in [0.15, 0.2) is 10.8 Å². The second-order valence-corrected chi connectivity index (χ2v) is 4.75. The van der Waals surface area contributed by atoms with E-state index in [1.165, 1.54) is 17.7 Å². The van der Waals surface area contributed by atoms with E-state index in [0.29, 0.717) is 0 Å². The first-order valence-electron chi connectivity index (χ1n) is 5.59. The maximum Gasteiger partial charge on any atom is 0.162 e.